The van der Waals surface area contributed by atoms with Gasteiger partial charge in [0.15, 0.2) is 0 Å². The molecule has 0 heterocycles. The van der Waals surface area contributed by atoms with Gasteiger partial charge in [0, 0.05) is 13.0 Å². The summed E-state index contributed by atoms with van der Waals surface area (Å²) in [5.74, 6) is 4.64. The van der Waals surface area contributed by atoms with Crippen molar-refractivity contribution in [2.45, 2.75) is 13.3 Å². The van der Waals surface area contributed by atoms with Crippen molar-refractivity contribution in [3.63, 3.8) is 0 Å². The molecule has 0 saturated heterocycles. The molecule has 19 heavy (non-hydrogen) atoms. The van der Waals surface area contributed by atoms with E-state index in [1.807, 2.05) is 0 Å². The maximum Gasteiger partial charge on any atom is 0.250 e. The Bertz CT molecular complexity index is 491. The number of benzene rings is 1. The number of amides is 1. The van der Waals surface area contributed by atoms with Gasteiger partial charge in [-0.2, -0.15) is 0 Å². The summed E-state index contributed by atoms with van der Waals surface area (Å²) in [6.07, 6.45) is 0.294. The van der Waals surface area contributed by atoms with Crippen LogP contribution in [0.1, 0.15) is 18.9 Å². The average Bonchev–Trinajstić information content (AvgIpc) is 2.39. The average molecular weight is 265 g/mol. The van der Waals surface area contributed by atoms with E-state index in [9.17, 15) is 9.18 Å². The summed E-state index contributed by atoms with van der Waals surface area (Å²) < 4.78 is 18.1. The zero-order valence-corrected chi connectivity index (χ0v) is 10.7. The fourth-order valence-electron chi connectivity index (χ4n) is 1.32. The Morgan fingerprint density at radius 3 is 3.00 bits per heavy atom. The first kappa shape index (κ1) is 15.2. The highest BCUT2D eigenvalue weighted by Crippen LogP contribution is 2.16. The molecule has 0 aliphatic heterocycles. The highest BCUT2D eigenvalue weighted by atomic mass is 19.1. The monoisotopic (exact) mass is 265 g/mol. The Hall–Kier alpha value is -1.90. The van der Waals surface area contributed by atoms with Gasteiger partial charge in [0.2, 0.25) is 5.91 Å². The summed E-state index contributed by atoms with van der Waals surface area (Å²) in [6.45, 7) is 2.11. The van der Waals surface area contributed by atoms with Gasteiger partial charge in [-0.3, -0.25) is 4.79 Å². The molecule has 5 heteroatoms. The van der Waals surface area contributed by atoms with Crippen molar-refractivity contribution in [2.24, 2.45) is 0 Å². The van der Waals surface area contributed by atoms with Crippen LogP contribution in [-0.2, 0) is 9.53 Å². The number of anilines is 1. The van der Waals surface area contributed by atoms with Crippen molar-refractivity contribution in [3.8, 4) is 11.8 Å². The zero-order chi connectivity index (χ0) is 14.1. The first-order valence-electron chi connectivity index (χ1n) is 5.94. The Morgan fingerprint density at radius 2 is 2.32 bits per heavy atom. The molecule has 0 unspecified atom stereocenters. The third kappa shape index (κ3) is 5.51. The van der Waals surface area contributed by atoms with E-state index < -0.39 is 5.82 Å². The smallest absolute Gasteiger partial charge is 0.250 e. The normalized spacial score (nSPS) is 9.63. The number of ether oxygens (including phenoxy) is 1. The number of carbonyl (C=O) groups is 1. The Labute approximate surface area is 111 Å². The van der Waals surface area contributed by atoms with Crippen LogP contribution in [-0.4, -0.2) is 30.8 Å². The lowest BCUT2D eigenvalue weighted by molar-refractivity contribution is -0.120. The van der Waals surface area contributed by atoms with Crippen molar-refractivity contribution in [1.29, 1.82) is 0 Å². The molecule has 1 rings (SSSR count). The lowest BCUT2D eigenvalue weighted by atomic mass is 10.1. The van der Waals surface area contributed by atoms with Crippen molar-refractivity contribution >= 4 is 11.6 Å². The number of hydrogen-bond donors (Lipinski definition) is 2. The minimum absolute atomic E-state index is 0.0581. The third-order valence-electron chi connectivity index (χ3n) is 2.15. The highest BCUT2D eigenvalue weighted by Gasteiger charge is 2.06. The number of hydrogen-bond acceptors (Lipinski definition) is 3. The van der Waals surface area contributed by atoms with Crippen molar-refractivity contribution < 1.29 is 19.0 Å². The van der Waals surface area contributed by atoms with Crippen LogP contribution in [0.4, 0.5) is 10.1 Å². The quantitative estimate of drug-likeness (QED) is 0.794. The molecule has 4 nitrogen and oxygen atoms in total. The molecule has 0 spiro atoms. The standard InChI is InChI=1S/C14H16FNO3/c1-2-19-10-14(18)16-13-7-6-12(15)9-11(13)5-3-4-8-17/h6-7,9,17H,2,4,8,10H2,1H3,(H,16,18). The van der Waals surface area contributed by atoms with Gasteiger partial charge in [-0.25, -0.2) is 4.39 Å². The molecule has 0 bridgehead atoms. The second-order valence-electron chi connectivity index (χ2n) is 3.65. The second-order valence-corrected chi connectivity index (χ2v) is 3.65. The van der Waals surface area contributed by atoms with E-state index in [-0.39, 0.29) is 19.1 Å². The summed E-state index contributed by atoms with van der Waals surface area (Å²) in [6, 6.07) is 3.93. The summed E-state index contributed by atoms with van der Waals surface area (Å²) in [7, 11) is 0. The molecule has 1 aromatic rings. The molecule has 0 aromatic heterocycles. The van der Waals surface area contributed by atoms with Crippen LogP contribution in [0.2, 0.25) is 0 Å². The van der Waals surface area contributed by atoms with Crippen LogP contribution in [0.25, 0.3) is 0 Å². The number of carbonyl (C=O) groups excluding carboxylic acids is 1. The predicted molar refractivity (Wildman–Crippen MR) is 70.1 cm³/mol. The summed E-state index contributed by atoms with van der Waals surface area (Å²) in [5, 5.41) is 11.3. The predicted octanol–water partition coefficient (Wildman–Crippen LogP) is 1.53. The van der Waals surface area contributed by atoms with Crippen LogP contribution in [0, 0.1) is 17.7 Å². The van der Waals surface area contributed by atoms with E-state index in [4.69, 9.17) is 9.84 Å². The summed E-state index contributed by atoms with van der Waals surface area (Å²) >= 11 is 0. The van der Waals surface area contributed by atoms with Crippen LogP contribution in [0.3, 0.4) is 0 Å². The molecule has 2 N–H and O–H groups in total. The Morgan fingerprint density at radius 1 is 1.53 bits per heavy atom. The van der Waals surface area contributed by atoms with Gasteiger partial charge in [-0.1, -0.05) is 11.8 Å². The first-order valence-corrected chi connectivity index (χ1v) is 5.94. The van der Waals surface area contributed by atoms with Crippen molar-refractivity contribution in [1.82, 2.24) is 0 Å². The SMILES string of the molecule is CCOCC(=O)Nc1ccc(F)cc1C#CCCO. The molecule has 102 valence electrons. The second kappa shape index (κ2) is 8.25. The molecule has 0 aliphatic carbocycles. The van der Waals surface area contributed by atoms with Crippen LogP contribution >= 0.6 is 0 Å². The highest BCUT2D eigenvalue weighted by molar-refractivity contribution is 5.93. The van der Waals surface area contributed by atoms with Crippen LogP contribution in [0.15, 0.2) is 18.2 Å². The van der Waals surface area contributed by atoms with Gasteiger partial charge >= 0.3 is 0 Å². The molecule has 0 saturated carbocycles. The lowest BCUT2D eigenvalue weighted by Gasteiger charge is -2.07. The van der Waals surface area contributed by atoms with Gasteiger partial charge in [-0.05, 0) is 25.1 Å². The number of aliphatic hydroxyl groups is 1. The molecular weight excluding hydrogens is 249 g/mol. The maximum absolute atomic E-state index is 13.1. The largest absolute Gasteiger partial charge is 0.395 e. The van der Waals surface area contributed by atoms with E-state index >= 15 is 0 Å². The van der Waals surface area contributed by atoms with Gasteiger partial charge < -0.3 is 15.2 Å². The van der Waals surface area contributed by atoms with E-state index in [2.05, 4.69) is 17.2 Å². The van der Waals surface area contributed by atoms with E-state index in [0.717, 1.165) is 0 Å². The molecule has 1 aromatic carbocycles. The fourth-order valence-corrected chi connectivity index (χ4v) is 1.32. The molecular formula is C14H16FNO3. The molecule has 0 fully saturated rings. The maximum atomic E-state index is 13.1. The Kier molecular flexibility index (Phi) is 6.58. The lowest BCUT2D eigenvalue weighted by Crippen LogP contribution is -2.18. The van der Waals surface area contributed by atoms with E-state index in [0.29, 0.717) is 24.3 Å². The molecule has 1 amide bonds. The summed E-state index contributed by atoms with van der Waals surface area (Å²) in [4.78, 5) is 11.5. The number of aliphatic hydroxyl groups excluding tert-OH is 1. The molecule has 0 aliphatic rings. The number of rotatable bonds is 5. The fraction of sp³-hybridized carbons (Fsp3) is 0.357. The topological polar surface area (TPSA) is 58.6 Å². The molecule has 0 atom stereocenters. The first-order chi connectivity index (χ1) is 9.17. The zero-order valence-electron chi connectivity index (χ0n) is 10.7. The van der Waals surface area contributed by atoms with Gasteiger partial charge in [0.25, 0.3) is 0 Å². The Balaban J connectivity index is 2.82. The van der Waals surface area contributed by atoms with Crippen molar-refractivity contribution in [2.75, 3.05) is 25.1 Å². The van der Waals surface area contributed by atoms with Crippen LogP contribution < -0.4 is 5.32 Å². The number of halogens is 1. The van der Waals surface area contributed by atoms with E-state index in [1.54, 1.807) is 6.92 Å². The van der Waals surface area contributed by atoms with Crippen molar-refractivity contribution in [3.05, 3.63) is 29.6 Å². The number of nitrogens with one attached hydrogen (secondary N) is 1. The minimum Gasteiger partial charge on any atom is -0.395 e. The minimum atomic E-state index is -0.434. The molecule has 0 radical (unpaired) electrons. The van der Waals surface area contributed by atoms with Crippen LogP contribution in [0.5, 0.6) is 0 Å². The third-order valence-corrected chi connectivity index (χ3v) is 2.15. The summed E-state index contributed by atoms with van der Waals surface area (Å²) in [5.41, 5.74) is 0.801. The van der Waals surface area contributed by atoms with Gasteiger partial charge in [0.05, 0.1) is 17.9 Å². The van der Waals surface area contributed by atoms with E-state index in [1.165, 1.54) is 18.2 Å². The van der Waals surface area contributed by atoms with Gasteiger partial charge in [-0.15, -0.1) is 0 Å². The van der Waals surface area contributed by atoms with Gasteiger partial charge in [0.1, 0.15) is 12.4 Å².